The molecule has 0 aliphatic carbocycles. The largest absolute Gasteiger partial charge is 0.393 e. The molecular formula is C27H31F2N7O. The Morgan fingerprint density at radius 3 is 2.43 bits per heavy atom. The third kappa shape index (κ3) is 5.03. The number of pyridine rings is 1. The summed E-state index contributed by atoms with van der Waals surface area (Å²) in [6, 6.07) is 7.01. The number of aryl methyl sites for hydroxylation is 1. The van der Waals surface area contributed by atoms with E-state index in [1.165, 1.54) is 6.07 Å². The molecule has 1 unspecified atom stereocenters. The van der Waals surface area contributed by atoms with E-state index in [-0.39, 0.29) is 35.3 Å². The number of fused-ring (bicyclic) bond motifs is 1. The SMILES string of the molecule is Cc1nc2c(F)cc(-c3nc(Nc4ccc(C(C)N5CCC(O)CC5)cn4)ncc3F)cc2n1C(C)C. The van der Waals surface area contributed by atoms with E-state index in [0.717, 1.165) is 37.7 Å². The van der Waals surface area contributed by atoms with Crippen molar-refractivity contribution in [2.75, 3.05) is 18.4 Å². The van der Waals surface area contributed by atoms with Crippen LogP contribution in [0.15, 0.2) is 36.7 Å². The van der Waals surface area contributed by atoms with Crippen LogP contribution < -0.4 is 5.32 Å². The number of nitrogens with zero attached hydrogens (tertiary/aromatic N) is 6. The Labute approximate surface area is 214 Å². The molecule has 4 aromatic rings. The number of anilines is 2. The maximum absolute atomic E-state index is 14.9. The first kappa shape index (κ1) is 25.2. The van der Waals surface area contributed by atoms with Gasteiger partial charge >= 0.3 is 0 Å². The lowest BCUT2D eigenvalue weighted by molar-refractivity contribution is 0.0644. The molecule has 1 aliphatic heterocycles. The molecule has 2 N–H and O–H groups in total. The standard InChI is InChI=1S/C27H31F2N7O/c1-15(2)36-17(4)32-26-21(28)11-19(12-23(26)36)25-22(29)14-31-27(34-25)33-24-6-5-18(13-30-24)16(3)35-9-7-20(37)8-10-35/h5-6,11-16,20,37H,7-10H2,1-4H3,(H,30,31,33,34). The summed E-state index contributed by atoms with van der Waals surface area (Å²) in [5.74, 6) is 0.173. The number of rotatable bonds is 6. The number of aliphatic hydroxyl groups is 1. The van der Waals surface area contributed by atoms with E-state index in [4.69, 9.17) is 0 Å². The first-order valence-corrected chi connectivity index (χ1v) is 12.6. The van der Waals surface area contributed by atoms with Gasteiger partial charge in [0, 0.05) is 36.9 Å². The van der Waals surface area contributed by atoms with Crippen molar-refractivity contribution in [2.24, 2.45) is 0 Å². The summed E-state index contributed by atoms with van der Waals surface area (Å²) in [6.07, 6.45) is 4.20. The molecule has 1 saturated heterocycles. The number of aliphatic hydroxyl groups excluding tert-OH is 1. The van der Waals surface area contributed by atoms with Crippen LogP contribution in [-0.4, -0.2) is 53.7 Å². The number of piperidine rings is 1. The Hall–Kier alpha value is -3.50. The van der Waals surface area contributed by atoms with E-state index < -0.39 is 11.6 Å². The number of likely N-dealkylation sites (tertiary alicyclic amines) is 1. The van der Waals surface area contributed by atoms with Crippen LogP contribution in [0.5, 0.6) is 0 Å². The summed E-state index contributed by atoms with van der Waals surface area (Å²) >= 11 is 0. The van der Waals surface area contributed by atoms with Crippen LogP contribution in [0.2, 0.25) is 0 Å². The van der Waals surface area contributed by atoms with E-state index >= 15 is 0 Å². The van der Waals surface area contributed by atoms with Gasteiger partial charge in [0.05, 0.1) is 17.8 Å². The van der Waals surface area contributed by atoms with Crippen molar-refractivity contribution in [1.29, 1.82) is 0 Å². The summed E-state index contributed by atoms with van der Waals surface area (Å²) < 4.78 is 31.7. The van der Waals surface area contributed by atoms with Gasteiger partial charge in [-0.25, -0.2) is 28.7 Å². The lowest BCUT2D eigenvalue weighted by Crippen LogP contribution is -2.37. The number of benzene rings is 1. The van der Waals surface area contributed by atoms with Crippen molar-refractivity contribution in [3.05, 3.63) is 59.7 Å². The van der Waals surface area contributed by atoms with E-state index in [2.05, 4.69) is 37.1 Å². The van der Waals surface area contributed by atoms with Gasteiger partial charge in [-0.05, 0) is 64.3 Å². The predicted octanol–water partition coefficient (Wildman–Crippen LogP) is 5.32. The summed E-state index contributed by atoms with van der Waals surface area (Å²) in [6.45, 7) is 9.61. The van der Waals surface area contributed by atoms with Gasteiger partial charge in [0.25, 0.3) is 0 Å². The summed E-state index contributed by atoms with van der Waals surface area (Å²) in [5, 5.41) is 12.8. The molecule has 1 aliphatic rings. The van der Waals surface area contributed by atoms with Crippen molar-refractivity contribution in [2.45, 2.75) is 58.7 Å². The molecule has 0 bridgehead atoms. The second kappa shape index (κ2) is 10.1. The normalized spacial score (nSPS) is 16.0. The first-order chi connectivity index (χ1) is 17.7. The maximum Gasteiger partial charge on any atom is 0.229 e. The zero-order valence-corrected chi connectivity index (χ0v) is 21.4. The molecule has 37 heavy (non-hydrogen) atoms. The molecule has 0 amide bonds. The van der Waals surface area contributed by atoms with E-state index in [1.54, 1.807) is 12.3 Å². The van der Waals surface area contributed by atoms with Gasteiger partial charge < -0.3 is 15.0 Å². The molecule has 8 nitrogen and oxygen atoms in total. The minimum absolute atomic E-state index is 0.00927. The Bertz CT molecular complexity index is 1410. The quantitative estimate of drug-likeness (QED) is 0.365. The third-order valence-electron chi connectivity index (χ3n) is 7.01. The van der Waals surface area contributed by atoms with Crippen molar-refractivity contribution < 1.29 is 13.9 Å². The van der Waals surface area contributed by atoms with Crippen LogP contribution in [0.1, 0.15) is 57.1 Å². The fraction of sp³-hybridized carbons (Fsp3) is 0.407. The molecule has 3 aromatic heterocycles. The van der Waals surface area contributed by atoms with Gasteiger partial charge in [0.15, 0.2) is 11.6 Å². The highest BCUT2D eigenvalue weighted by molar-refractivity contribution is 5.83. The lowest BCUT2D eigenvalue weighted by Gasteiger charge is -2.34. The van der Waals surface area contributed by atoms with Gasteiger partial charge in [-0.3, -0.25) is 4.90 Å². The Balaban J connectivity index is 1.39. The molecular weight excluding hydrogens is 476 g/mol. The number of aromatic nitrogens is 5. The van der Waals surface area contributed by atoms with E-state index in [1.807, 2.05) is 37.5 Å². The maximum atomic E-state index is 14.9. The van der Waals surface area contributed by atoms with Crippen molar-refractivity contribution in [3.8, 4) is 11.3 Å². The number of hydrogen-bond acceptors (Lipinski definition) is 7. The zero-order valence-electron chi connectivity index (χ0n) is 21.4. The molecule has 1 atom stereocenters. The van der Waals surface area contributed by atoms with Gasteiger partial charge in [0.1, 0.15) is 22.9 Å². The van der Waals surface area contributed by atoms with Crippen LogP contribution >= 0.6 is 0 Å². The molecule has 4 heterocycles. The average molecular weight is 508 g/mol. The minimum Gasteiger partial charge on any atom is -0.393 e. The predicted molar refractivity (Wildman–Crippen MR) is 139 cm³/mol. The average Bonchev–Trinajstić information content (AvgIpc) is 3.22. The monoisotopic (exact) mass is 507 g/mol. The molecule has 5 rings (SSSR count). The van der Waals surface area contributed by atoms with Crippen molar-refractivity contribution in [1.82, 2.24) is 29.4 Å². The van der Waals surface area contributed by atoms with Gasteiger partial charge in [-0.15, -0.1) is 0 Å². The van der Waals surface area contributed by atoms with E-state index in [0.29, 0.717) is 22.7 Å². The van der Waals surface area contributed by atoms with Gasteiger partial charge in [0.2, 0.25) is 5.95 Å². The number of halogens is 2. The number of hydrogen-bond donors (Lipinski definition) is 2. The topological polar surface area (TPSA) is 92.0 Å². The minimum atomic E-state index is -0.652. The van der Waals surface area contributed by atoms with Crippen LogP contribution in [-0.2, 0) is 0 Å². The Morgan fingerprint density at radius 1 is 1.00 bits per heavy atom. The number of nitrogens with one attached hydrogen (secondary N) is 1. The molecule has 1 aromatic carbocycles. The van der Waals surface area contributed by atoms with Crippen LogP contribution in [0.3, 0.4) is 0 Å². The smallest absolute Gasteiger partial charge is 0.229 e. The van der Waals surface area contributed by atoms with Crippen molar-refractivity contribution in [3.63, 3.8) is 0 Å². The Kier molecular flexibility index (Phi) is 6.87. The first-order valence-electron chi connectivity index (χ1n) is 12.6. The van der Waals surface area contributed by atoms with Crippen LogP contribution in [0, 0.1) is 18.6 Å². The highest BCUT2D eigenvalue weighted by Gasteiger charge is 2.23. The fourth-order valence-corrected chi connectivity index (χ4v) is 5.01. The van der Waals surface area contributed by atoms with Crippen molar-refractivity contribution >= 4 is 22.8 Å². The van der Waals surface area contributed by atoms with Gasteiger partial charge in [-0.1, -0.05) is 6.07 Å². The van der Waals surface area contributed by atoms with Crippen LogP contribution in [0.4, 0.5) is 20.5 Å². The van der Waals surface area contributed by atoms with Crippen LogP contribution in [0.25, 0.3) is 22.3 Å². The molecule has 194 valence electrons. The molecule has 1 fully saturated rings. The molecule has 0 saturated carbocycles. The third-order valence-corrected chi connectivity index (χ3v) is 7.01. The molecule has 10 heteroatoms. The summed E-state index contributed by atoms with van der Waals surface area (Å²) in [5.41, 5.74) is 2.19. The summed E-state index contributed by atoms with van der Waals surface area (Å²) in [4.78, 5) is 19.5. The van der Waals surface area contributed by atoms with Gasteiger partial charge in [-0.2, -0.15) is 0 Å². The molecule has 0 spiro atoms. The lowest BCUT2D eigenvalue weighted by atomic mass is 10.0. The fourth-order valence-electron chi connectivity index (χ4n) is 5.01. The highest BCUT2D eigenvalue weighted by Crippen LogP contribution is 2.31. The summed E-state index contributed by atoms with van der Waals surface area (Å²) in [7, 11) is 0. The zero-order chi connectivity index (χ0) is 26.3. The molecule has 0 radical (unpaired) electrons. The Morgan fingerprint density at radius 2 is 1.76 bits per heavy atom. The van der Waals surface area contributed by atoms with E-state index in [9.17, 15) is 13.9 Å². The second-order valence-electron chi connectivity index (χ2n) is 9.88. The highest BCUT2D eigenvalue weighted by atomic mass is 19.1. The second-order valence-corrected chi connectivity index (χ2v) is 9.88. The number of imidazole rings is 1.